The van der Waals surface area contributed by atoms with Crippen molar-refractivity contribution in [1.82, 2.24) is 4.98 Å². The molecule has 29 heavy (non-hydrogen) atoms. The van der Waals surface area contributed by atoms with E-state index < -0.39 is 34.4 Å². The number of H-pyrrole nitrogens is 1. The molecule has 1 saturated heterocycles. The molecule has 0 bridgehead atoms. The Labute approximate surface area is 168 Å². The lowest BCUT2D eigenvalue weighted by Crippen LogP contribution is -2.43. The van der Waals surface area contributed by atoms with Crippen LogP contribution in [0.5, 0.6) is 0 Å². The van der Waals surface area contributed by atoms with Crippen LogP contribution >= 0.6 is 0 Å². The molecule has 1 atom stereocenters. The van der Waals surface area contributed by atoms with Gasteiger partial charge in [-0.25, -0.2) is 13.2 Å². The number of ether oxygens (including phenoxy) is 1. The van der Waals surface area contributed by atoms with E-state index in [9.17, 15) is 18.0 Å². The standard InChI is InChI=1S/C21H20N2O5S/c24-20(13-28-21(25)18-12-22-19-9-5-4-8-17(18)19)23(15-6-2-1-3-7-15)16-10-11-29(26,27)14-16/h1-9,12,16,22H,10-11,13-14H2/t16-/m1/s1. The van der Waals surface area contributed by atoms with Crippen LogP contribution in [0.25, 0.3) is 10.9 Å². The third-order valence-electron chi connectivity index (χ3n) is 5.01. The first-order valence-electron chi connectivity index (χ1n) is 9.25. The first kappa shape index (κ1) is 19.2. The number of benzene rings is 2. The van der Waals surface area contributed by atoms with E-state index in [2.05, 4.69) is 4.98 Å². The molecule has 0 spiro atoms. The van der Waals surface area contributed by atoms with Gasteiger partial charge >= 0.3 is 5.97 Å². The highest BCUT2D eigenvalue weighted by Crippen LogP contribution is 2.25. The summed E-state index contributed by atoms with van der Waals surface area (Å²) >= 11 is 0. The Kier molecular flexibility index (Phi) is 5.10. The van der Waals surface area contributed by atoms with Gasteiger partial charge in [0.25, 0.3) is 5.91 Å². The maximum atomic E-state index is 12.9. The second-order valence-electron chi connectivity index (χ2n) is 6.98. The molecule has 1 N–H and O–H groups in total. The second kappa shape index (κ2) is 7.71. The quantitative estimate of drug-likeness (QED) is 0.650. The summed E-state index contributed by atoms with van der Waals surface area (Å²) in [6, 6.07) is 15.7. The van der Waals surface area contributed by atoms with Crippen LogP contribution in [0.1, 0.15) is 16.8 Å². The predicted octanol–water partition coefficient (Wildman–Crippen LogP) is 2.55. The minimum Gasteiger partial charge on any atom is -0.452 e. The van der Waals surface area contributed by atoms with Gasteiger partial charge in [-0.2, -0.15) is 0 Å². The van der Waals surface area contributed by atoms with Gasteiger partial charge in [0.2, 0.25) is 0 Å². The molecular weight excluding hydrogens is 392 g/mol. The van der Waals surface area contributed by atoms with Crippen molar-refractivity contribution in [3.05, 3.63) is 66.4 Å². The number of amides is 1. The number of aromatic nitrogens is 1. The van der Waals surface area contributed by atoms with Crippen LogP contribution < -0.4 is 4.90 Å². The SMILES string of the molecule is O=C(OCC(=O)N(c1ccccc1)[C@@H]1CCS(=O)(=O)C1)c1c[nH]c2ccccc12. The largest absolute Gasteiger partial charge is 0.452 e. The van der Waals surface area contributed by atoms with Crippen molar-refractivity contribution in [2.45, 2.75) is 12.5 Å². The number of fused-ring (bicyclic) bond motifs is 1. The number of nitrogens with one attached hydrogen (secondary N) is 1. The average molecular weight is 412 g/mol. The molecule has 8 heteroatoms. The molecule has 0 aliphatic carbocycles. The highest BCUT2D eigenvalue weighted by Gasteiger charge is 2.35. The Morgan fingerprint density at radius 2 is 1.79 bits per heavy atom. The molecule has 1 aliphatic rings. The number of aromatic amines is 1. The zero-order valence-electron chi connectivity index (χ0n) is 15.6. The number of hydrogen-bond acceptors (Lipinski definition) is 5. The minimum atomic E-state index is -3.18. The number of rotatable bonds is 5. The van der Waals surface area contributed by atoms with E-state index in [-0.39, 0.29) is 11.5 Å². The molecule has 1 fully saturated rings. The molecule has 7 nitrogen and oxygen atoms in total. The number of nitrogens with zero attached hydrogens (tertiary/aromatic N) is 1. The second-order valence-corrected chi connectivity index (χ2v) is 9.21. The topological polar surface area (TPSA) is 96.5 Å². The lowest BCUT2D eigenvalue weighted by Gasteiger charge is -2.28. The van der Waals surface area contributed by atoms with Gasteiger partial charge in [-0.15, -0.1) is 0 Å². The molecule has 1 aromatic heterocycles. The Bertz CT molecular complexity index is 1150. The fourth-order valence-corrected chi connectivity index (χ4v) is 5.34. The van der Waals surface area contributed by atoms with E-state index in [1.807, 2.05) is 24.3 Å². The van der Waals surface area contributed by atoms with Crippen LogP contribution in [-0.2, 0) is 19.4 Å². The summed E-state index contributed by atoms with van der Waals surface area (Å²) in [6.45, 7) is -0.468. The molecular formula is C21H20N2O5S. The fourth-order valence-electron chi connectivity index (χ4n) is 3.64. The first-order chi connectivity index (χ1) is 13.9. The summed E-state index contributed by atoms with van der Waals surface area (Å²) in [6.07, 6.45) is 1.91. The molecule has 3 aromatic rings. The average Bonchev–Trinajstić information content (AvgIpc) is 3.30. The number of carbonyl (C=O) groups excluding carboxylic acids is 2. The summed E-state index contributed by atoms with van der Waals surface area (Å²) < 4.78 is 29.1. The van der Waals surface area contributed by atoms with Crippen LogP contribution in [0.4, 0.5) is 5.69 Å². The number of carbonyl (C=O) groups is 2. The zero-order valence-corrected chi connectivity index (χ0v) is 16.4. The van der Waals surface area contributed by atoms with E-state index in [1.165, 1.54) is 4.90 Å². The van der Waals surface area contributed by atoms with Crippen molar-refractivity contribution in [2.24, 2.45) is 0 Å². The summed E-state index contributed by atoms with van der Waals surface area (Å²) in [7, 11) is -3.18. The number of sulfone groups is 1. The van der Waals surface area contributed by atoms with Crippen molar-refractivity contribution < 1.29 is 22.7 Å². The maximum absolute atomic E-state index is 12.9. The lowest BCUT2D eigenvalue weighted by molar-refractivity contribution is -0.122. The Balaban J connectivity index is 1.51. The van der Waals surface area contributed by atoms with Gasteiger partial charge in [-0.1, -0.05) is 36.4 Å². The lowest BCUT2D eigenvalue weighted by atomic mass is 10.1. The molecule has 4 rings (SSSR count). The Morgan fingerprint density at radius 3 is 2.52 bits per heavy atom. The summed E-state index contributed by atoms with van der Waals surface area (Å²) in [4.78, 5) is 29.9. The summed E-state index contributed by atoms with van der Waals surface area (Å²) in [5.74, 6) is -1.11. The molecule has 1 aliphatic heterocycles. The van der Waals surface area contributed by atoms with Gasteiger partial charge in [-0.05, 0) is 24.6 Å². The predicted molar refractivity (Wildman–Crippen MR) is 110 cm³/mol. The van der Waals surface area contributed by atoms with Crippen LogP contribution in [0.2, 0.25) is 0 Å². The van der Waals surface area contributed by atoms with Gasteiger partial charge in [0.1, 0.15) is 0 Å². The van der Waals surface area contributed by atoms with Crippen LogP contribution in [0.15, 0.2) is 60.8 Å². The van der Waals surface area contributed by atoms with E-state index in [4.69, 9.17) is 4.74 Å². The summed E-state index contributed by atoms with van der Waals surface area (Å²) in [5, 5.41) is 0.715. The van der Waals surface area contributed by atoms with Gasteiger partial charge in [-0.3, -0.25) is 4.79 Å². The van der Waals surface area contributed by atoms with Gasteiger partial charge < -0.3 is 14.6 Å². The van der Waals surface area contributed by atoms with Gasteiger partial charge in [0.05, 0.1) is 23.1 Å². The van der Waals surface area contributed by atoms with Gasteiger partial charge in [0, 0.05) is 22.8 Å². The van der Waals surface area contributed by atoms with E-state index in [1.54, 1.807) is 36.5 Å². The number of anilines is 1. The van der Waals surface area contributed by atoms with Crippen LogP contribution in [0.3, 0.4) is 0 Å². The molecule has 0 unspecified atom stereocenters. The maximum Gasteiger partial charge on any atom is 0.340 e. The van der Waals surface area contributed by atoms with Crippen molar-refractivity contribution in [3.8, 4) is 0 Å². The van der Waals surface area contributed by atoms with Crippen LogP contribution in [-0.4, -0.2) is 49.4 Å². The van der Waals surface area contributed by atoms with Crippen molar-refractivity contribution in [2.75, 3.05) is 23.0 Å². The molecule has 2 heterocycles. The molecule has 0 saturated carbocycles. The van der Waals surface area contributed by atoms with E-state index in [0.29, 0.717) is 23.1 Å². The minimum absolute atomic E-state index is 0.0450. The molecule has 0 radical (unpaired) electrons. The normalized spacial score (nSPS) is 17.9. The smallest absolute Gasteiger partial charge is 0.340 e. The Morgan fingerprint density at radius 1 is 1.07 bits per heavy atom. The Hall–Kier alpha value is -3.13. The number of hydrogen-bond donors (Lipinski definition) is 1. The summed E-state index contributed by atoms with van der Waals surface area (Å²) in [5.41, 5.74) is 1.73. The third kappa shape index (κ3) is 4.02. The fraction of sp³-hybridized carbons (Fsp3) is 0.238. The first-order valence-corrected chi connectivity index (χ1v) is 11.1. The van der Waals surface area contributed by atoms with Crippen molar-refractivity contribution in [3.63, 3.8) is 0 Å². The highest BCUT2D eigenvalue weighted by atomic mass is 32.2. The number of esters is 1. The van der Waals surface area contributed by atoms with E-state index in [0.717, 1.165) is 5.52 Å². The third-order valence-corrected chi connectivity index (χ3v) is 6.76. The molecule has 1 amide bonds. The van der Waals surface area contributed by atoms with Crippen LogP contribution in [0, 0.1) is 0 Å². The van der Waals surface area contributed by atoms with E-state index >= 15 is 0 Å². The highest BCUT2D eigenvalue weighted by molar-refractivity contribution is 7.91. The molecule has 2 aromatic carbocycles. The van der Waals surface area contributed by atoms with Crippen molar-refractivity contribution >= 4 is 38.3 Å². The number of para-hydroxylation sites is 2. The monoisotopic (exact) mass is 412 g/mol. The zero-order chi connectivity index (χ0) is 20.4. The molecule has 150 valence electrons. The van der Waals surface area contributed by atoms with Crippen molar-refractivity contribution in [1.29, 1.82) is 0 Å². The van der Waals surface area contributed by atoms with Gasteiger partial charge in [0.15, 0.2) is 16.4 Å².